The van der Waals surface area contributed by atoms with Crippen molar-refractivity contribution >= 4 is 11.8 Å². The zero-order chi connectivity index (χ0) is 23.8. The number of carbonyl (C=O) groups excluding carboxylic acids is 2. The summed E-state index contributed by atoms with van der Waals surface area (Å²) in [5.41, 5.74) is -3.35. The Bertz CT molecular complexity index is 1000. The SMILES string of the molecule is CC(C)n1ncc(C(=O)N2CCN(C(=O)c3ccccc3C(F)(F)F)CC2)c1C(F)(F)F. The van der Waals surface area contributed by atoms with Gasteiger partial charge in [-0.05, 0) is 26.0 Å². The number of nitrogens with zero attached hydrogens (tertiary/aromatic N) is 4. The van der Waals surface area contributed by atoms with E-state index < -0.39 is 52.6 Å². The molecule has 1 aliphatic heterocycles. The third kappa shape index (κ3) is 4.58. The molecule has 0 atom stereocenters. The molecule has 3 rings (SSSR count). The van der Waals surface area contributed by atoms with E-state index >= 15 is 0 Å². The molecule has 0 N–H and O–H groups in total. The fraction of sp³-hybridized carbons (Fsp3) is 0.450. The summed E-state index contributed by atoms with van der Waals surface area (Å²) in [7, 11) is 0. The van der Waals surface area contributed by atoms with Crippen LogP contribution in [0.5, 0.6) is 0 Å². The average molecular weight is 462 g/mol. The molecule has 1 aromatic carbocycles. The van der Waals surface area contributed by atoms with Gasteiger partial charge >= 0.3 is 12.4 Å². The molecule has 174 valence electrons. The van der Waals surface area contributed by atoms with Crippen LogP contribution in [0.1, 0.15) is 51.9 Å². The van der Waals surface area contributed by atoms with Gasteiger partial charge in [0.2, 0.25) is 0 Å². The number of piperazine rings is 1. The van der Waals surface area contributed by atoms with E-state index in [1.165, 1.54) is 26.0 Å². The summed E-state index contributed by atoms with van der Waals surface area (Å²) in [6.07, 6.45) is -8.65. The third-order valence-corrected chi connectivity index (χ3v) is 5.10. The first-order valence-electron chi connectivity index (χ1n) is 9.71. The molecule has 2 amide bonds. The molecular formula is C20H20F6N4O2. The first-order chi connectivity index (χ1) is 14.8. The number of hydrogen-bond donors (Lipinski definition) is 0. The average Bonchev–Trinajstić information content (AvgIpc) is 3.18. The zero-order valence-corrected chi connectivity index (χ0v) is 17.2. The third-order valence-electron chi connectivity index (χ3n) is 5.10. The molecule has 0 bridgehead atoms. The van der Waals surface area contributed by atoms with Crippen LogP contribution in [0, 0.1) is 0 Å². The van der Waals surface area contributed by atoms with Gasteiger partial charge in [0.05, 0.1) is 22.9 Å². The number of aromatic nitrogens is 2. The lowest BCUT2D eigenvalue weighted by Gasteiger charge is -2.35. The Balaban J connectivity index is 1.76. The van der Waals surface area contributed by atoms with Crippen LogP contribution in [0.4, 0.5) is 26.3 Å². The molecule has 6 nitrogen and oxygen atoms in total. The molecule has 12 heteroatoms. The van der Waals surface area contributed by atoms with Crippen molar-refractivity contribution in [2.24, 2.45) is 0 Å². The maximum Gasteiger partial charge on any atom is 0.433 e. The highest BCUT2D eigenvalue weighted by Crippen LogP contribution is 2.35. The van der Waals surface area contributed by atoms with Gasteiger partial charge < -0.3 is 9.80 Å². The Hall–Kier alpha value is -3.05. The van der Waals surface area contributed by atoms with Crippen molar-refractivity contribution in [3.8, 4) is 0 Å². The topological polar surface area (TPSA) is 58.4 Å². The molecule has 1 saturated heterocycles. The van der Waals surface area contributed by atoms with Gasteiger partial charge in [0.15, 0.2) is 5.69 Å². The summed E-state index contributed by atoms with van der Waals surface area (Å²) in [5.74, 6) is -1.75. The number of rotatable bonds is 3. The molecule has 0 saturated carbocycles. The minimum atomic E-state index is -4.80. The van der Waals surface area contributed by atoms with Gasteiger partial charge in [-0.2, -0.15) is 31.4 Å². The van der Waals surface area contributed by atoms with Crippen LogP contribution in [0.2, 0.25) is 0 Å². The number of hydrogen-bond acceptors (Lipinski definition) is 3. The van der Waals surface area contributed by atoms with E-state index in [0.29, 0.717) is 0 Å². The Morgan fingerprint density at radius 2 is 1.34 bits per heavy atom. The first-order valence-corrected chi connectivity index (χ1v) is 9.71. The van der Waals surface area contributed by atoms with Crippen molar-refractivity contribution in [3.05, 3.63) is 52.8 Å². The molecule has 2 heterocycles. The largest absolute Gasteiger partial charge is 0.433 e. The second-order valence-corrected chi connectivity index (χ2v) is 7.57. The van der Waals surface area contributed by atoms with E-state index in [1.54, 1.807) is 0 Å². The summed E-state index contributed by atoms with van der Waals surface area (Å²) in [6, 6.07) is 3.73. The molecule has 0 radical (unpaired) electrons. The molecule has 0 unspecified atom stereocenters. The van der Waals surface area contributed by atoms with Crippen LogP contribution in [-0.2, 0) is 12.4 Å². The van der Waals surface area contributed by atoms with Crippen LogP contribution in [0.3, 0.4) is 0 Å². The Morgan fingerprint density at radius 3 is 1.81 bits per heavy atom. The molecule has 1 aliphatic rings. The lowest BCUT2D eigenvalue weighted by atomic mass is 10.1. The summed E-state index contributed by atoms with van der Waals surface area (Å²) >= 11 is 0. The normalized spacial score (nSPS) is 15.4. The standard InChI is InChI=1S/C20H20F6N4O2/c1-12(2)30-16(20(24,25)26)14(11-27-30)18(32)29-9-7-28(8-10-29)17(31)13-5-3-4-6-15(13)19(21,22)23/h3-6,11-12H,7-10H2,1-2H3. The smallest absolute Gasteiger partial charge is 0.335 e. The van der Waals surface area contributed by atoms with Crippen LogP contribution in [-0.4, -0.2) is 57.6 Å². The number of halogens is 6. The van der Waals surface area contributed by atoms with E-state index in [4.69, 9.17) is 0 Å². The number of benzene rings is 1. The van der Waals surface area contributed by atoms with Crippen molar-refractivity contribution < 1.29 is 35.9 Å². The van der Waals surface area contributed by atoms with Crippen LogP contribution in [0.15, 0.2) is 30.5 Å². The van der Waals surface area contributed by atoms with Crippen molar-refractivity contribution in [1.82, 2.24) is 19.6 Å². The molecule has 0 aliphatic carbocycles. The van der Waals surface area contributed by atoms with Gasteiger partial charge in [0.1, 0.15) is 0 Å². The highest BCUT2D eigenvalue weighted by atomic mass is 19.4. The lowest BCUT2D eigenvalue weighted by molar-refractivity contribution is -0.145. The molecule has 2 aromatic rings. The van der Waals surface area contributed by atoms with Crippen LogP contribution < -0.4 is 0 Å². The molecule has 1 aromatic heterocycles. The Kier molecular flexibility index (Phi) is 6.25. The van der Waals surface area contributed by atoms with E-state index in [1.807, 2.05) is 0 Å². The van der Waals surface area contributed by atoms with Gasteiger partial charge in [-0.25, -0.2) is 0 Å². The molecule has 1 fully saturated rings. The Morgan fingerprint density at radius 1 is 0.844 bits per heavy atom. The summed E-state index contributed by atoms with van der Waals surface area (Å²) in [5, 5.41) is 3.69. The number of amides is 2. The Labute approximate surface area is 179 Å². The highest BCUT2D eigenvalue weighted by molar-refractivity contribution is 5.97. The van der Waals surface area contributed by atoms with Gasteiger partial charge in [0, 0.05) is 32.2 Å². The fourth-order valence-electron chi connectivity index (χ4n) is 3.56. The fourth-order valence-corrected chi connectivity index (χ4v) is 3.56. The quantitative estimate of drug-likeness (QED) is 0.646. The first kappa shape index (κ1) is 23.6. The molecule has 0 spiro atoms. The highest BCUT2D eigenvalue weighted by Gasteiger charge is 2.42. The zero-order valence-electron chi connectivity index (χ0n) is 17.2. The monoisotopic (exact) mass is 462 g/mol. The maximum absolute atomic E-state index is 13.5. The van der Waals surface area contributed by atoms with Crippen molar-refractivity contribution in [2.45, 2.75) is 32.2 Å². The molecule has 32 heavy (non-hydrogen) atoms. The van der Waals surface area contributed by atoms with Crippen molar-refractivity contribution in [2.75, 3.05) is 26.2 Å². The van der Waals surface area contributed by atoms with E-state index in [0.717, 1.165) is 32.8 Å². The second-order valence-electron chi connectivity index (χ2n) is 7.57. The second kappa shape index (κ2) is 8.47. The number of carbonyl (C=O) groups is 2. The number of alkyl halides is 6. The van der Waals surface area contributed by atoms with E-state index in [2.05, 4.69) is 5.10 Å². The predicted octanol–water partition coefficient (Wildman–Crippen LogP) is 4.10. The van der Waals surface area contributed by atoms with Crippen LogP contribution >= 0.6 is 0 Å². The van der Waals surface area contributed by atoms with Crippen molar-refractivity contribution in [3.63, 3.8) is 0 Å². The lowest BCUT2D eigenvalue weighted by Crippen LogP contribution is -2.51. The van der Waals surface area contributed by atoms with Gasteiger partial charge in [0.25, 0.3) is 11.8 Å². The summed E-state index contributed by atoms with van der Waals surface area (Å²) in [6.45, 7) is 2.53. The molecular weight excluding hydrogens is 442 g/mol. The summed E-state index contributed by atoms with van der Waals surface area (Å²) < 4.78 is 81.0. The minimum Gasteiger partial charge on any atom is -0.335 e. The van der Waals surface area contributed by atoms with Gasteiger partial charge in [-0.3, -0.25) is 14.3 Å². The minimum absolute atomic E-state index is 0.115. The predicted molar refractivity (Wildman–Crippen MR) is 101 cm³/mol. The maximum atomic E-state index is 13.5. The summed E-state index contributed by atoms with van der Waals surface area (Å²) in [4.78, 5) is 27.7. The van der Waals surface area contributed by atoms with Crippen LogP contribution in [0.25, 0.3) is 0 Å². The van der Waals surface area contributed by atoms with Crippen molar-refractivity contribution in [1.29, 1.82) is 0 Å². The van der Waals surface area contributed by atoms with Gasteiger partial charge in [-0.15, -0.1) is 0 Å². The van der Waals surface area contributed by atoms with E-state index in [9.17, 15) is 35.9 Å². The van der Waals surface area contributed by atoms with E-state index in [-0.39, 0.29) is 26.2 Å². The van der Waals surface area contributed by atoms with Gasteiger partial charge in [-0.1, -0.05) is 12.1 Å².